The van der Waals surface area contributed by atoms with Crippen LogP contribution in [-0.4, -0.2) is 50.1 Å². The third kappa shape index (κ3) is 5.90. The first-order valence-corrected chi connectivity index (χ1v) is 12.7. The minimum Gasteiger partial charge on any atom is -0.413 e. The molecule has 0 aromatic heterocycles. The Morgan fingerprint density at radius 2 is 1.42 bits per heavy atom. The van der Waals surface area contributed by atoms with Gasteiger partial charge in [-0.2, -0.15) is 0 Å². The van der Waals surface area contributed by atoms with E-state index in [1.807, 2.05) is 34.6 Å². The lowest BCUT2D eigenvalue weighted by atomic mass is 9.75. The zero-order valence-corrected chi connectivity index (χ0v) is 19.8. The van der Waals surface area contributed by atoms with E-state index < -0.39 is 25.9 Å². The van der Waals surface area contributed by atoms with Crippen LogP contribution in [0.5, 0.6) is 0 Å². The Kier molecular flexibility index (Phi) is 10.9. The Labute approximate surface area is 163 Å². The van der Waals surface area contributed by atoms with Crippen molar-refractivity contribution < 1.29 is 19.4 Å². The van der Waals surface area contributed by atoms with Crippen LogP contribution in [0.4, 0.5) is 0 Å². The van der Waals surface area contributed by atoms with Gasteiger partial charge in [0.1, 0.15) is 6.10 Å². The quantitative estimate of drug-likeness (QED) is 0.368. The fourth-order valence-corrected chi connectivity index (χ4v) is 6.70. The summed E-state index contributed by atoms with van der Waals surface area (Å²) in [6.07, 6.45) is -1.17. The molecule has 0 spiro atoms. The molecule has 0 bridgehead atoms. The van der Waals surface area contributed by atoms with Gasteiger partial charge in [-0.15, -0.1) is 0 Å². The second-order valence-corrected chi connectivity index (χ2v) is 12.9. The molecule has 0 aliphatic heterocycles. The van der Waals surface area contributed by atoms with Crippen molar-refractivity contribution in [1.29, 1.82) is 0 Å². The topological polar surface area (TPSA) is 58.9 Å². The Balaban J connectivity index is 5.61. The average Bonchev–Trinajstić information content (AvgIpc) is 2.66. The van der Waals surface area contributed by atoms with Crippen LogP contribution in [0.2, 0.25) is 18.1 Å². The number of hydrogen-bond donors (Lipinski definition) is 2. The molecule has 0 rings (SSSR count). The van der Waals surface area contributed by atoms with Crippen LogP contribution in [0.25, 0.3) is 0 Å². The van der Waals surface area contributed by atoms with Crippen molar-refractivity contribution in [3.05, 3.63) is 11.1 Å². The van der Waals surface area contributed by atoms with E-state index in [0.29, 0.717) is 0 Å². The summed E-state index contributed by atoms with van der Waals surface area (Å²) >= 11 is 0. The molecule has 0 aliphatic carbocycles. The molecule has 0 saturated carbocycles. The lowest BCUT2D eigenvalue weighted by Gasteiger charge is -2.44. The maximum absolute atomic E-state index is 11.0. The summed E-state index contributed by atoms with van der Waals surface area (Å²) in [5, 5.41) is 21.9. The first-order chi connectivity index (χ1) is 12.0. The molecule has 0 radical (unpaired) electrons. The van der Waals surface area contributed by atoms with E-state index in [1.54, 1.807) is 7.11 Å². The van der Waals surface area contributed by atoms with Crippen molar-refractivity contribution in [3.63, 3.8) is 0 Å². The van der Waals surface area contributed by atoms with Crippen molar-refractivity contribution in [2.24, 2.45) is 5.41 Å². The number of rotatable bonds is 12. The maximum atomic E-state index is 11.0. The lowest BCUT2D eigenvalue weighted by molar-refractivity contribution is -0.0880. The van der Waals surface area contributed by atoms with Crippen molar-refractivity contribution in [2.45, 2.75) is 111 Å². The second kappa shape index (κ2) is 11.0. The number of methoxy groups -OCH3 is 1. The third-order valence-corrected chi connectivity index (χ3v) is 11.3. The van der Waals surface area contributed by atoms with Crippen molar-refractivity contribution in [3.8, 4) is 0 Å². The van der Waals surface area contributed by atoms with Gasteiger partial charge in [-0.25, -0.2) is 0 Å². The van der Waals surface area contributed by atoms with Gasteiger partial charge in [0.25, 0.3) is 0 Å². The van der Waals surface area contributed by atoms with Crippen molar-refractivity contribution in [2.75, 3.05) is 7.11 Å². The van der Waals surface area contributed by atoms with Crippen LogP contribution >= 0.6 is 0 Å². The molecule has 0 aliphatic rings. The van der Waals surface area contributed by atoms with Crippen LogP contribution in [0.15, 0.2) is 11.1 Å². The molecule has 2 N–H and O–H groups in total. The van der Waals surface area contributed by atoms with Gasteiger partial charge in [-0.05, 0) is 56.5 Å². The Morgan fingerprint density at radius 1 is 0.962 bits per heavy atom. The highest BCUT2D eigenvalue weighted by atomic mass is 28.4. The molecule has 1 unspecified atom stereocenters. The molecule has 0 fully saturated rings. The number of aliphatic hydroxyl groups excluding tert-OH is 2. The highest BCUT2D eigenvalue weighted by Crippen LogP contribution is 2.37. The molecule has 0 heterocycles. The Morgan fingerprint density at radius 3 is 1.77 bits per heavy atom. The Hall–Kier alpha value is -0.203. The predicted molar refractivity (Wildman–Crippen MR) is 113 cm³/mol. The summed E-state index contributed by atoms with van der Waals surface area (Å²) in [6.45, 7) is 18.5. The van der Waals surface area contributed by atoms with Crippen LogP contribution < -0.4 is 0 Å². The standard InChI is InChI=1S/C21H44O4Si/c1-11-18(25-26(12-2,13-3)14-4)21(8,9)20(23)19(22)16(6)15(5)17(7)24-10/h17-20,22-23H,11-14H2,1-10H3/b16-15+/t17-,18?,19-,20-/m0/s1. The van der Waals surface area contributed by atoms with Gasteiger partial charge in [-0.1, -0.05) is 41.5 Å². The van der Waals surface area contributed by atoms with Gasteiger partial charge < -0.3 is 19.4 Å². The van der Waals surface area contributed by atoms with E-state index >= 15 is 0 Å². The average molecular weight is 389 g/mol. The number of ether oxygens (including phenoxy) is 1. The van der Waals surface area contributed by atoms with E-state index in [4.69, 9.17) is 9.16 Å². The van der Waals surface area contributed by atoms with Crippen LogP contribution in [0, 0.1) is 5.41 Å². The smallest absolute Gasteiger partial charge is 0.192 e. The largest absolute Gasteiger partial charge is 0.413 e. The van der Waals surface area contributed by atoms with Crippen LogP contribution in [0.1, 0.15) is 68.7 Å². The lowest BCUT2D eigenvalue weighted by Crippen LogP contribution is -2.52. The van der Waals surface area contributed by atoms with E-state index in [0.717, 1.165) is 35.7 Å². The van der Waals surface area contributed by atoms with Crippen molar-refractivity contribution in [1.82, 2.24) is 0 Å². The van der Waals surface area contributed by atoms with Crippen LogP contribution in [0.3, 0.4) is 0 Å². The van der Waals surface area contributed by atoms with Gasteiger partial charge in [0, 0.05) is 12.5 Å². The number of hydrogen-bond acceptors (Lipinski definition) is 4. The summed E-state index contributed by atoms with van der Waals surface area (Å²) in [5.74, 6) is 0. The zero-order valence-electron chi connectivity index (χ0n) is 18.8. The molecule has 156 valence electrons. The maximum Gasteiger partial charge on any atom is 0.192 e. The SMILES string of the molecule is CCC(O[Si](CC)(CC)CC)C(C)(C)[C@@H](O)[C@@H](O)/C(C)=C(\C)[C@H](C)OC. The molecular formula is C21H44O4Si. The molecule has 0 saturated heterocycles. The Bertz CT molecular complexity index is 435. The van der Waals surface area contributed by atoms with Gasteiger partial charge in [0.15, 0.2) is 8.32 Å². The molecule has 5 heteroatoms. The molecule has 4 nitrogen and oxygen atoms in total. The van der Waals surface area contributed by atoms with Gasteiger partial charge >= 0.3 is 0 Å². The molecule has 0 amide bonds. The van der Waals surface area contributed by atoms with E-state index in [1.165, 1.54) is 0 Å². The molecule has 26 heavy (non-hydrogen) atoms. The fourth-order valence-electron chi connectivity index (χ4n) is 3.63. The molecule has 4 atom stereocenters. The minimum absolute atomic E-state index is 0.0772. The van der Waals surface area contributed by atoms with Crippen LogP contribution in [-0.2, 0) is 9.16 Å². The second-order valence-electron chi connectivity index (χ2n) is 8.21. The minimum atomic E-state index is -1.79. The first kappa shape index (κ1) is 25.8. The van der Waals surface area contributed by atoms with Gasteiger partial charge in [0.2, 0.25) is 0 Å². The predicted octanol–water partition coefficient (Wildman–Crippen LogP) is 4.91. The monoisotopic (exact) mass is 388 g/mol. The summed E-state index contributed by atoms with van der Waals surface area (Å²) in [4.78, 5) is 0. The summed E-state index contributed by atoms with van der Waals surface area (Å²) in [6, 6.07) is 3.23. The zero-order chi connectivity index (χ0) is 20.7. The summed E-state index contributed by atoms with van der Waals surface area (Å²) in [7, 11) is -0.137. The number of aliphatic hydroxyl groups is 2. The van der Waals surface area contributed by atoms with Crippen molar-refractivity contribution >= 4 is 8.32 Å². The van der Waals surface area contributed by atoms with E-state index in [2.05, 4.69) is 27.7 Å². The van der Waals surface area contributed by atoms with Gasteiger partial charge in [0.05, 0.1) is 18.3 Å². The molecule has 0 aromatic rings. The fraction of sp³-hybridized carbons (Fsp3) is 0.905. The first-order valence-electron chi connectivity index (χ1n) is 10.2. The molecular weight excluding hydrogens is 344 g/mol. The summed E-state index contributed by atoms with van der Waals surface area (Å²) < 4.78 is 12.1. The van der Waals surface area contributed by atoms with Gasteiger partial charge in [-0.3, -0.25) is 0 Å². The third-order valence-electron chi connectivity index (χ3n) is 6.62. The molecule has 0 aromatic carbocycles. The highest BCUT2D eigenvalue weighted by molar-refractivity contribution is 6.73. The van der Waals surface area contributed by atoms with E-state index in [-0.39, 0.29) is 12.2 Å². The highest BCUT2D eigenvalue weighted by Gasteiger charge is 2.44. The van der Waals surface area contributed by atoms with E-state index in [9.17, 15) is 10.2 Å². The normalized spacial score (nSPS) is 18.9. The summed E-state index contributed by atoms with van der Waals surface area (Å²) in [5.41, 5.74) is 1.19.